The first-order valence-electron chi connectivity index (χ1n) is 20.3. The molecule has 0 unspecified atom stereocenters. The summed E-state index contributed by atoms with van der Waals surface area (Å²) in [6.45, 7) is 25.4. The summed E-state index contributed by atoms with van der Waals surface area (Å²) >= 11 is 0. The second kappa shape index (κ2) is 36.7. The van der Waals surface area contributed by atoms with Gasteiger partial charge in [-0.3, -0.25) is 4.79 Å². The third kappa shape index (κ3) is 44.0. The van der Waals surface area contributed by atoms with Crippen molar-refractivity contribution in [1.82, 2.24) is 16.0 Å². The number of nitrogens with two attached hydrogens (primary N) is 1. The molecular formula is C41H81N6O13P. The Morgan fingerprint density at radius 1 is 0.738 bits per heavy atom. The molecule has 0 aromatic rings. The molecule has 0 fully saturated rings. The van der Waals surface area contributed by atoms with E-state index in [9.17, 15) is 28.5 Å². The number of amides is 3. The summed E-state index contributed by atoms with van der Waals surface area (Å²) in [6, 6.07) is -0.857. The Morgan fingerprint density at radius 3 is 1.38 bits per heavy atom. The lowest BCUT2D eigenvalue weighted by Gasteiger charge is -2.22. The van der Waals surface area contributed by atoms with Crippen LogP contribution in [0.3, 0.4) is 0 Å². The van der Waals surface area contributed by atoms with E-state index in [0.717, 1.165) is 72.4 Å². The molecular weight excluding hydrogens is 815 g/mol. The molecule has 0 heterocycles. The monoisotopic (exact) mass is 897 g/mol. The van der Waals surface area contributed by atoms with Crippen LogP contribution in [0.5, 0.6) is 0 Å². The molecule has 0 aliphatic carbocycles. The van der Waals surface area contributed by atoms with Crippen LogP contribution in [0.15, 0.2) is 0 Å². The van der Waals surface area contributed by atoms with Crippen molar-refractivity contribution in [2.24, 2.45) is 5.73 Å². The van der Waals surface area contributed by atoms with Gasteiger partial charge in [-0.1, -0.05) is 59.3 Å². The number of carbonyl (C=O) groups excluding carboxylic acids is 5. The molecule has 7 N–H and O–H groups in total. The van der Waals surface area contributed by atoms with Crippen molar-refractivity contribution in [1.29, 1.82) is 0 Å². The third-order valence-electron chi connectivity index (χ3n) is 6.56. The molecule has 20 heteroatoms. The van der Waals surface area contributed by atoms with E-state index in [1.807, 2.05) is 41.5 Å². The van der Waals surface area contributed by atoms with Crippen LogP contribution in [0.1, 0.15) is 148 Å². The standard InChI is InChI=1S/C11H19NO2.C10H21NO3.C10H19NO3.C5H9N2O4P.C5H13NO/c1-6-8-9(7-2)12-10(13)14-11(3,4)5;2*1-5-6-8(7-12)11-9(13)14-10(2,3)4;1-4(8)5(7-6)12(9,10-2)11-3;1-2-3-5(6)4-7/h2,9H,6,8H2,1,3-5H3,(H,12,13);8,12H,5-7H2,1-4H3,(H,11,13);7-8H,5-6H2,1-4H3,(H,11,13);1-3H3;5,7H,2-4,6H2,1H3/t9-;2*8-;;5-/m011.1/s1. The fraction of sp³-hybridized carbons (Fsp3) is 0.805. The zero-order valence-electron chi connectivity index (χ0n) is 39.8. The smallest absolute Gasteiger partial charge is 0.444 e. The predicted octanol–water partition coefficient (Wildman–Crippen LogP) is 6.66. The van der Waals surface area contributed by atoms with Crippen LogP contribution in [-0.4, -0.2) is 119 Å². The van der Waals surface area contributed by atoms with Gasteiger partial charge in [0.2, 0.25) is 5.78 Å². The maximum absolute atomic E-state index is 11.4. The summed E-state index contributed by atoms with van der Waals surface area (Å²) in [6.07, 6.45) is 11.4. The lowest BCUT2D eigenvalue weighted by atomic mass is 10.2. The summed E-state index contributed by atoms with van der Waals surface area (Å²) in [4.78, 5) is 57.5. The van der Waals surface area contributed by atoms with E-state index in [-0.39, 0.29) is 31.3 Å². The first-order chi connectivity index (χ1) is 28.0. The van der Waals surface area contributed by atoms with Crippen molar-refractivity contribution in [3.63, 3.8) is 0 Å². The average Bonchev–Trinajstić information content (AvgIpc) is 3.13. The minimum Gasteiger partial charge on any atom is -0.444 e. The summed E-state index contributed by atoms with van der Waals surface area (Å²) < 4.78 is 35.3. The number of rotatable bonds is 18. The van der Waals surface area contributed by atoms with Crippen LogP contribution in [0.4, 0.5) is 14.4 Å². The van der Waals surface area contributed by atoms with Gasteiger partial charge in [0.1, 0.15) is 23.1 Å². The highest BCUT2D eigenvalue weighted by Gasteiger charge is 2.41. The minimum absolute atomic E-state index is 0.00463. The molecule has 4 atom stereocenters. The van der Waals surface area contributed by atoms with Crippen molar-refractivity contribution in [3.05, 3.63) is 5.53 Å². The van der Waals surface area contributed by atoms with Gasteiger partial charge in [-0.05, 0) is 88.0 Å². The molecule has 61 heavy (non-hydrogen) atoms. The molecule has 0 spiro atoms. The highest BCUT2D eigenvalue weighted by atomic mass is 31.2. The van der Waals surface area contributed by atoms with Gasteiger partial charge in [-0.2, -0.15) is 4.79 Å². The Balaban J connectivity index is -0.000000218. The summed E-state index contributed by atoms with van der Waals surface area (Å²) in [5, 5.41) is 25.0. The number of hydrogen-bond donors (Lipinski definition) is 6. The SMILES string of the molecule is C#C[C@@H](CCC)NC(=O)OC(C)(C)C.CCC[C@@H](N)CO.CCC[C@H](C=O)NC(=O)OC(C)(C)C.CCC[C@H](CO)NC(=O)OC(C)(C)C.COP(=O)(OC)C(=[N+]=[N-])C(C)=O. The molecule has 0 aromatic carbocycles. The van der Waals surface area contributed by atoms with Crippen LogP contribution in [-0.2, 0) is 37.4 Å². The van der Waals surface area contributed by atoms with Crippen LogP contribution >= 0.6 is 7.60 Å². The maximum Gasteiger partial charge on any atom is 0.446 e. The van der Waals surface area contributed by atoms with Crippen LogP contribution in [0.25, 0.3) is 5.53 Å². The normalized spacial score (nSPS) is 12.8. The number of aldehydes is 1. The summed E-state index contributed by atoms with van der Waals surface area (Å²) in [5.74, 6) is 1.85. The average molecular weight is 897 g/mol. The summed E-state index contributed by atoms with van der Waals surface area (Å²) in [5.41, 5.74) is 11.6. The van der Waals surface area contributed by atoms with Gasteiger partial charge in [0.15, 0.2) is 0 Å². The van der Waals surface area contributed by atoms with Crippen molar-refractivity contribution >= 4 is 43.4 Å². The Kier molecular flexibility index (Phi) is 39.9. The van der Waals surface area contributed by atoms with Crippen molar-refractivity contribution < 1.29 is 66.8 Å². The molecule has 3 amide bonds. The van der Waals surface area contributed by atoms with Gasteiger partial charge >= 0.3 is 31.3 Å². The van der Waals surface area contributed by atoms with Crippen molar-refractivity contribution in [2.45, 2.75) is 189 Å². The van der Waals surface area contributed by atoms with Crippen LogP contribution < -0.4 is 21.7 Å². The molecule has 0 bridgehead atoms. The number of terminal acetylenes is 1. The highest BCUT2D eigenvalue weighted by molar-refractivity contribution is 7.74. The molecule has 0 aliphatic rings. The second-order valence-electron chi connectivity index (χ2n) is 16.2. The van der Waals surface area contributed by atoms with Gasteiger partial charge < -0.3 is 65.5 Å². The molecule has 0 saturated carbocycles. The van der Waals surface area contributed by atoms with E-state index >= 15 is 0 Å². The third-order valence-corrected chi connectivity index (χ3v) is 8.44. The number of alkyl carbamates (subject to hydrolysis) is 3. The Morgan fingerprint density at radius 2 is 1.13 bits per heavy atom. The number of nitrogens with zero attached hydrogens (tertiary/aromatic N) is 2. The predicted molar refractivity (Wildman–Crippen MR) is 237 cm³/mol. The molecule has 19 nitrogen and oxygen atoms in total. The lowest BCUT2D eigenvalue weighted by molar-refractivity contribution is -0.114. The molecule has 358 valence electrons. The quantitative estimate of drug-likeness (QED) is 0.0160. The lowest BCUT2D eigenvalue weighted by Crippen LogP contribution is -2.40. The van der Waals surface area contributed by atoms with E-state index in [1.165, 1.54) is 0 Å². The zero-order valence-corrected chi connectivity index (χ0v) is 40.7. The number of aliphatic hydroxyl groups is 2. The maximum atomic E-state index is 11.4. The second-order valence-corrected chi connectivity index (χ2v) is 18.4. The van der Waals surface area contributed by atoms with Gasteiger partial charge in [-0.15, -0.1) is 6.42 Å². The molecule has 0 rings (SSSR count). The van der Waals surface area contributed by atoms with Gasteiger partial charge in [0.25, 0.3) is 0 Å². The molecule has 0 aromatic heterocycles. The van der Waals surface area contributed by atoms with E-state index in [0.29, 0.717) is 6.42 Å². The topological polar surface area (TPSA) is 288 Å². The van der Waals surface area contributed by atoms with Gasteiger partial charge in [-0.25, -0.2) is 18.9 Å². The van der Waals surface area contributed by atoms with Crippen molar-refractivity contribution in [2.75, 3.05) is 27.4 Å². The molecule has 0 saturated heterocycles. The number of hydrogen-bond acceptors (Lipinski definition) is 14. The number of ketones is 1. The fourth-order valence-corrected chi connectivity index (χ4v) is 4.93. The van der Waals surface area contributed by atoms with E-state index in [1.54, 1.807) is 41.5 Å². The first kappa shape index (κ1) is 66.2. The first-order valence-corrected chi connectivity index (χ1v) is 21.9. The number of nitrogens with one attached hydrogen (secondary N) is 3. The number of Topliss-reactive ketones (excluding diaryl/α,β-unsaturated/α-hetero) is 1. The zero-order chi connectivity index (χ0) is 49.0. The van der Waals surface area contributed by atoms with Gasteiger partial charge in [0, 0.05) is 27.2 Å². The van der Waals surface area contributed by atoms with Crippen molar-refractivity contribution in [3.8, 4) is 12.3 Å². The number of aliphatic hydroxyl groups excluding tert-OH is 2. The van der Waals surface area contributed by atoms with E-state index in [2.05, 4.69) is 42.6 Å². The van der Waals surface area contributed by atoms with Gasteiger partial charge in [0.05, 0.1) is 31.3 Å². The number of carbonyl (C=O) groups is 5. The Hall–Kier alpha value is -3.88. The summed E-state index contributed by atoms with van der Waals surface area (Å²) in [7, 11) is -1.51. The van der Waals surface area contributed by atoms with E-state index < -0.39 is 60.0 Å². The molecule has 0 aliphatic heterocycles. The Bertz CT molecular complexity index is 1360. The minimum atomic E-state index is -3.70. The van der Waals surface area contributed by atoms with E-state index in [4.69, 9.17) is 42.1 Å². The van der Waals surface area contributed by atoms with Crippen LogP contribution in [0, 0.1) is 12.3 Å². The molecule has 0 radical (unpaired) electrons. The fourth-order valence-electron chi connectivity index (χ4n) is 3.94. The van der Waals surface area contributed by atoms with Crippen LogP contribution in [0.2, 0.25) is 0 Å². The Labute approximate surface area is 365 Å². The number of ether oxygens (including phenoxy) is 3. The highest BCUT2D eigenvalue weighted by Crippen LogP contribution is 2.47. The largest absolute Gasteiger partial charge is 0.446 e.